The zero-order valence-electron chi connectivity index (χ0n) is 15.6. The van der Waals surface area contributed by atoms with E-state index in [1.807, 2.05) is 55.5 Å². The molecule has 0 atom stereocenters. The number of rotatable bonds is 3. The standard InChI is InChI=1S/C24H17F3N2/c1-16-13-21(17-5-7-22(8-6-17)24(25,26)27)15-23(29-16)20-4-2-3-19(14-20)18-9-11-28-12-10-18/h2-15H,1H3. The van der Waals surface area contributed by atoms with Crippen LogP contribution in [0.25, 0.3) is 33.5 Å². The molecule has 0 aliphatic heterocycles. The maximum atomic E-state index is 12.8. The zero-order chi connectivity index (χ0) is 20.4. The number of hydrogen-bond acceptors (Lipinski definition) is 2. The lowest BCUT2D eigenvalue weighted by Crippen LogP contribution is -2.04. The van der Waals surface area contributed by atoms with Crippen molar-refractivity contribution in [1.29, 1.82) is 0 Å². The van der Waals surface area contributed by atoms with Crippen molar-refractivity contribution in [1.82, 2.24) is 9.97 Å². The number of hydrogen-bond donors (Lipinski definition) is 0. The lowest BCUT2D eigenvalue weighted by molar-refractivity contribution is -0.137. The maximum Gasteiger partial charge on any atom is 0.416 e. The molecule has 0 spiro atoms. The predicted octanol–water partition coefficient (Wildman–Crippen LogP) is 6.80. The number of aromatic nitrogens is 2. The van der Waals surface area contributed by atoms with Gasteiger partial charge in [-0.1, -0.05) is 30.3 Å². The Labute approximate surface area is 166 Å². The second-order valence-corrected chi connectivity index (χ2v) is 6.77. The number of halogens is 3. The monoisotopic (exact) mass is 390 g/mol. The summed E-state index contributed by atoms with van der Waals surface area (Å²) in [5.74, 6) is 0. The first kappa shape index (κ1) is 18.9. The third-order valence-corrected chi connectivity index (χ3v) is 4.67. The summed E-state index contributed by atoms with van der Waals surface area (Å²) in [6.45, 7) is 1.88. The summed E-state index contributed by atoms with van der Waals surface area (Å²) in [6.07, 6.45) is -0.851. The van der Waals surface area contributed by atoms with E-state index in [0.717, 1.165) is 51.3 Å². The lowest BCUT2D eigenvalue weighted by Gasteiger charge is -2.11. The minimum atomic E-state index is -4.34. The summed E-state index contributed by atoms with van der Waals surface area (Å²) in [5, 5.41) is 0. The molecule has 0 saturated heterocycles. The van der Waals surface area contributed by atoms with Gasteiger partial charge in [-0.15, -0.1) is 0 Å². The normalized spacial score (nSPS) is 11.4. The van der Waals surface area contributed by atoms with Gasteiger partial charge in [0.05, 0.1) is 11.3 Å². The zero-order valence-corrected chi connectivity index (χ0v) is 15.6. The van der Waals surface area contributed by atoms with Crippen molar-refractivity contribution < 1.29 is 13.2 Å². The van der Waals surface area contributed by atoms with Crippen molar-refractivity contribution in [3.8, 4) is 33.5 Å². The molecule has 0 radical (unpaired) electrons. The van der Waals surface area contributed by atoms with Crippen LogP contribution in [0, 0.1) is 6.92 Å². The fraction of sp³-hybridized carbons (Fsp3) is 0.0833. The van der Waals surface area contributed by atoms with E-state index in [9.17, 15) is 13.2 Å². The Morgan fingerprint density at radius 3 is 2.00 bits per heavy atom. The molecule has 0 unspecified atom stereocenters. The molecule has 2 aromatic carbocycles. The molecule has 0 aliphatic carbocycles. The summed E-state index contributed by atoms with van der Waals surface area (Å²) in [6, 6.07) is 20.9. The van der Waals surface area contributed by atoms with Crippen LogP contribution in [-0.4, -0.2) is 9.97 Å². The number of aryl methyl sites for hydroxylation is 1. The van der Waals surface area contributed by atoms with Gasteiger partial charge in [0.2, 0.25) is 0 Å². The average molecular weight is 390 g/mol. The highest BCUT2D eigenvalue weighted by Gasteiger charge is 2.30. The van der Waals surface area contributed by atoms with Gasteiger partial charge in [-0.05, 0) is 71.6 Å². The van der Waals surface area contributed by atoms with Crippen molar-refractivity contribution in [3.63, 3.8) is 0 Å². The number of nitrogens with zero attached hydrogens (tertiary/aromatic N) is 2. The van der Waals surface area contributed by atoms with Crippen LogP contribution in [0.2, 0.25) is 0 Å². The molecule has 144 valence electrons. The highest BCUT2D eigenvalue weighted by Crippen LogP contribution is 2.32. The Kier molecular flexibility index (Phi) is 4.89. The van der Waals surface area contributed by atoms with Crippen LogP contribution >= 0.6 is 0 Å². The smallest absolute Gasteiger partial charge is 0.265 e. The topological polar surface area (TPSA) is 25.8 Å². The summed E-state index contributed by atoms with van der Waals surface area (Å²) < 4.78 is 38.5. The van der Waals surface area contributed by atoms with Crippen LogP contribution in [-0.2, 0) is 6.18 Å². The van der Waals surface area contributed by atoms with Gasteiger partial charge in [0, 0.05) is 23.7 Å². The summed E-state index contributed by atoms with van der Waals surface area (Å²) in [5.41, 5.74) is 5.50. The van der Waals surface area contributed by atoms with Gasteiger partial charge >= 0.3 is 6.18 Å². The van der Waals surface area contributed by atoms with Crippen molar-refractivity contribution in [2.75, 3.05) is 0 Å². The van der Waals surface area contributed by atoms with E-state index in [4.69, 9.17) is 0 Å². The minimum absolute atomic E-state index is 0.655. The molecule has 0 bridgehead atoms. The Hall–Kier alpha value is -3.47. The predicted molar refractivity (Wildman–Crippen MR) is 108 cm³/mol. The van der Waals surface area contributed by atoms with Gasteiger partial charge in [-0.25, -0.2) is 0 Å². The molecule has 2 nitrogen and oxygen atoms in total. The molecule has 29 heavy (non-hydrogen) atoms. The van der Waals surface area contributed by atoms with Crippen LogP contribution in [0.1, 0.15) is 11.3 Å². The molecule has 0 aliphatic rings. The van der Waals surface area contributed by atoms with Gasteiger partial charge in [-0.3, -0.25) is 9.97 Å². The Balaban J connectivity index is 1.73. The molecular formula is C24H17F3N2. The molecule has 0 saturated carbocycles. The van der Waals surface area contributed by atoms with Gasteiger partial charge in [0.15, 0.2) is 0 Å². The summed E-state index contributed by atoms with van der Waals surface area (Å²) in [7, 11) is 0. The molecule has 4 rings (SSSR count). The van der Waals surface area contributed by atoms with Gasteiger partial charge in [0.25, 0.3) is 0 Å². The summed E-state index contributed by atoms with van der Waals surface area (Å²) in [4.78, 5) is 8.68. The van der Waals surface area contributed by atoms with E-state index < -0.39 is 11.7 Å². The van der Waals surface area contributed by atoms with Gasteiger partial charge in [-0.2, -0.15) is 13.2 Å². The van der Waals surface area contributed by atoms with Crippen molar-refractivity contribution in [3.05, 3.63) is 96.4 Å². The fourth-order valence-electron chi connectivity index (χ4n) is 3.24. The molecule has 0 fully saturated rings. The second-order valence-electron chi connectivity index (χ2n) is 6.77. The van der Waals surface area contributed by atoms with Crippen molar-refractivity contribution >= 4 is 0 Å². The highest BCUT2D eigenvalue weighted by molar-refractivity contribution is 5.75. The quantitative estimate of drug-likeness (QED) is 0.384. The highest BCUT2D eigenvalue weighted by atomic mass is 19.4. The Bertz CT molecular complexity index is 1130. The van der Waals surface area contributed by atoms with Crippen molar-refractivity contribution in [2.24, 2.45) is 0 Å². The summed E-state index contributed by atoms with van der Waals surface area (Å²) >= 11 is 0. The average Bonchev–Trinajstić information content (AvgIpc) is 2.73. The maximum absolute atomic E-state index is 12.8. The van der Waals surface area contributed by atoms with E-state index in [1.54, 1.807) is 12.4 Å². The molecule has 2 heterocycles. The molecule has 2 aromatic heterocycles. The number of alkyl halides is 3. The first-order valence-electron chi connectivity index (χ1n) is 9.07. The van der Waals surface area contributed by atoms with Crippen LogP contribution in [0.3, 0.4) is 0 Å². The van der Waals surface area contributed by atoms with E-state index in [0.29, 0.717) is 0 Å². The first-order chi connectivity index (χ1) is 13.9. The first-order valence-corrected chi connectivity index (χ1v) is 9.07. The number of pyridine rings is 2. The van der Waals surface area contributed by atoms with E-state index in [2.05, 4.69) is 9.97 Å². The van der Waals surface area contributed by atoms with Crippen LogP contribution in [0.4, 0.5) is 13.2 Å². The van der Waals surface area contributed by atoms with Crippen molar-refractivity contribution in [2.45, 2.75) is 13.1 Å². The minimum Gasteiger partial charge on any atom is -0.265 e. The molecule has 0 amide bonds. The molecule has 0 N–H and O–H groups in total. The number of benzene rings is 2. The molecule has 4 aromatic rings. The van der Waals surface area contributed by atoms with E-state index >= 15 is 0 Å². The SMILES string of the molecule is Cc1cc(-c2ccc(C(F)(F)F)cc2)cc(-c2cccc(-c3ccncc3)c2)n1. The Morgan fingerprint density at radius 1 is 0.655 bits per heavy atom. The van der Waals surface area contributed by atoms with Gasteiger partial charge in [0.1, 0.15) is 0 Å². The van der Waals surface area contributed by atoms with Gasteiger partial charge < -0.3 is 0 Å². The van der Waals surface area contributed by atoms with E-state index in [-0.39, 0.29) is 0 Å². The second kappa shape index (κ2) is 7.51. The van der Waals surface area contributed by atoms with Crippen LogP contribution < -0.4 is 0 Å². The molecular weight excluding hydrogens is 373 g/mol. The third kappa shape index (κ3) is 4.19. The fourth-order valence-corrected chi connectivity index (χ4v) is 3.24. The third-order valence-electron chi connectivity index (χ3n) is 4.67. The largest absolute Gasteiger partial charge is 0.416 e. The van der Waals surface area contributed by atoms with Crippen LogP contribution in [0.15, 0.2) is 85.2 Å². The van der Waals surface area contributed by atoms with Crippen LogP contribution in [0.5, 0.6) is 0 Å². The Morgan fingerprint density at radius 2 is 1.31 bits per heavy atom. The van der Waals surface area contributed by atoms with E-state index in [1.165, 1.54) is 12.1 Å². The molecule has 5 heteroatoms. The lowest BCUT2D eigenvalue weighted by atomic mass is 9.99.